The lowest BCUT2D eigenvalue weighted by atomic mass is 10.0. The number of ether oxygens (including phenoxy) is 2. The van der Waals surface area contributed by atoms with E-state index in [1.54, 1.807) is 0 Å². The average molecular weight is 789 g/mol. The van der Waals surface area contributed by atoms with E-state index in [4.69, 9.17) is 9.47 Å². The van der Waals surface area contributed by atoms with Gasteiger partial charge in [-0.2, -0.15) is 5.10 Å². The predicted octanol–water partition coefficient (Wildman–Crippen LogP) is 12.9. The van der Waals surface area contributed by atoms with Gasteiger partial charge in [0.25, 0.3) is 0 Å². The Bertz CT molecular complexity index is 977. The maximum absolute atomic E-state index is 13.4. The van der Waals surface area contributed by atoms with Crippen LogP contribution in [0.15, 0.2) is 12.4 Å². The van der Waals surface area contributed by atoms with E-state index < -0.39 is 0 Å². The molecule has 0 bridgehead atoms. The number of hydrogen-bond donors (Lipinski definition) is 0. The van der Waals surface area contributed by atoms with Crippen LogP contribution < -0.4 is 0 Å². The molecule has 0 N–H and O–H groups in total. The average Bonchev–Trinajstić information content (AvgIpc) is 3.64. The van der Waals surface area contributed by atoms with E-state index in [2.05, 4.69) is 62.9 Å². The highest BCUT2D eigenvalue weighted by Gasteiger charge is 2.19. The van der Waals surface area contributed by atoms with Gasteiger partial charge in [0.2, 0.25) is 0 Å². The molecule has 0 fully saturated rings. The molecule has 0 saturated carbocycles. The summed E-state index contributed by atoms with van der Waals surface area (Å²) in [7, 11) is 4.14. The van der Waals surface area contributed by atoms with E-state index in [9.17, 15) is 9.59 Å². The summed E-state index contributed by atoms with van der Waals surface area (Å²) in [6.07, 6.45) is 38.5. The molecule has 328 valence electrons. The van der Waals surface area contributed by atoms with Crippen LogP contribution in [0.5, 0.6) is 0 Å². The Balaban J connectivity index is 2.85. The number of nitrogens with zero attached hydrogens (tertiary/aromatic N) is 4. The molecule has 1 rings (SSSR count). The van der Waals surface area contributed by atoms with Crippen molar-refractivity contribution < 1.29 is 19.1 Å². The fourth-order valence-corrected chi connectivity index (χ4v) is 7.56. The van der Waals surface area contributed by atoms with Crippen molar-refractivity contribution >= 4 is 11.9 Å². The molecule has 0 aliphatic rings. The molecule has 0 spiro atoms. The molecule has 56 heavy (non-hydrogen) atoms. The van der Waals surface area contributed by atoms with Crippen molar-refractivity contribution in [3.8, 4) is 0 Å². The van der Waals surface area contributed by atoms with Crippen molar-refractivity contribution in [2.75, 3.05) is 33.7 Å². The van der Waals surface area contributed by atoms with Crippen LogP contribution in [-0.2, 0) is 32.2 Å². The Morgan fingerprint density at radius 1 is 0.554 bits per heavy atom. The minimum atomic E-state index is -0.112. The molecule has 0 saturated heterocycles. The van der Waals surface area contributed by atoms with Gasteiger partial charge in [0.15, 0.2) is 0 Å². The van der Waals surface area contributed by atoms with Crippen LogP contribution in [-0.4, -0.2) is 77.5 Å². The molecule has 0 aliphatic carbocycles. The van der Waals surface area contributed by atoms with E-state index in [0.29, 0.717) is 32.5 Å². The molecule has 0 amide bonds. The van der Waals surface area contributed by atoms with E-state index in [-0.39, 0.29) is 24.1 Å². The molecule has 1 aromatic heterocycles. The summed E-state index contributed by atoms with van der Waals surface area (Å²) in [5.41, 5.74) is 1.10. The number of rotatable bonds is 41. The Labute approximate surface area is 347 Å². The van der Waals surface area contributed by atoms with E-state index in [0.717, 1.165) is 70.0 Å². The zero-order valence-corrected chi connectivity index (χ0v) is 38.0. The Morgan fingerprint density at radius 2 is 0.911 bits per heavy atom. The second-order valence-electron chi connectivity index (χ2n) is 17.1. The van der Waals surface area contributed by atoms with Gasteiger partial charge in [0, 0.05) is 37.9 Å². The third-order valence-corrected chi connectivity index (χ3v) is 11.2. The summed E-state index contributed by atoms with van der Waals surface area (Å²) >= 11 is 0. The first-order valence-corrected chi connectivity index (χ1v) is 24.1. The van der Waals surface area contributed by atoms with Gasteiger partial charge in [-0.1, -0.05) is 156 Å². The van der Waals surface area contributed by atoms with Gasteiger partial charge in [-0.15, -0.1) is 0 Å². The molecular weight excluding hydrogens is 697 g/mol. The van der Waals surface area contributed by atoms with Crippen molar-refractivity contribution in [2.24, 2.45) is 0 Å². The van der Waals surface area contributed by atoms with Crippen LogP contribution in [0.2, 0.25) is 0 Å². The minimum Gasteiger partial charge on any atom is -0.462 e. The molecule has 0 radical (unpaired) electrons. The Morgan fingerprint density at radius 3 is 1.27 bits per heavy atom. The normalized spacial score (nSPS) is 12.8. The van der Waals surface area contributed by atoms with Crippen molar-refractivity contribution in [1.82, 2.24) is 19.6 Å². The molecule has 1 heterocycles. The number of carbonyl (C=O) groups excluding carboxylic acids is 2. The number of likely N-dealkylation sites (N-methyl/N-ethyl adjacent to an activating group) is 1. The quantitative estimate of drug-likeness (QED) is 0.0483. The highest BCUT2D eigenvalue weighted by atomic mass is 16.5. The highest BCUT2D eigenvalue weighted by molar-refractivity contribution is 5.70. The second kappa shape index (κ2) is 37.3. The number of esters is 2. The van der Waals surface area contributed by atoms with Gasteiger partial charge in [-0.25, -0.2) is 0 Å². The van der Waals surface area contributed by atoms with E-state index in [1.165, 1.54) is 128 Å². The number of carbonyl (C=O) groups is 2. The number of hydrogen-bond acceptors (Lipinski definition) is 7. The number of unbranched alkanes of at least 4 members (excludes halogenated alkanes) is 20. The Kier molecular flexibility index (Phi) is 34.7. The molecule has 8 heteroatoms. The van der Waals surface area contributed by atoms with Gasteiger partial charge in [0.05, 0.1) is 25.6 Å². The number of aromatic nitrogens is 2. The van der Waals surface area contributed by atoms with Gasteiger partial charge in [-0.05, 0) is 65.5 Å². The van der Waals surface area contributed by atoms with Crippen LogP contribution in [0.4, 0.5) is 0 Å². The summed E-state index contributed by atoms with van der Waals surface area (Å²) in [6, 6.07) is 0. The largest absolute Gasteiger partial charge is 0.462 e. The monoisotopic (exact) mass is 789 g/mol. The van der Waals surface area contributed by atoms with Crippen molar-refractivity contribution in [2.45, 2.75) is 246 Å². The summed E-state index contributed by atoms with van der Waals surface area (Å²) in [4.78, 5) is 31.2. The van der Waals surface area contributed by atoms with Crippen molar-refractivity contribution in [3.63, 3.8) is 0 Å². The first-order chi connectivity index (χ1) is 27.3. The van der Waals surface area contributed by atoms with Crippen LogP contribution in [0.1, 0.15) is 226 Å². The maximum atomic E-state index is 13.4. The van der Waals surface area contributed by atoms with Crippen LogP contribution in [0.3, 0.4) is 0 Å². The lowest BCUT2D eigenvalue weighted by Crippen LogP contribution is -2.31. The van der Waals surface area contributed by atoms with Gasteiger partial charge >= 0.3 is 11.9 Å². The summed E-state index contributed by atoms with van der Waals surface area (Å²) in [5, 5.41) is 4.60. The standard InChI is InChI=1S/C48H92N4O4/c1-7-11-15-19-21-25-29-33-45(31-27-23-17-13-9-3)55-47(53)35-37-51(42-44-41-49-52(43-44)40-39-50(5)6)38-36-48(54)56-46(32-28-24-18-14-10-4)34-30-26-22-20-16-12-8-2/h41,43,45-46H,7-40,42H2,1-6H3. The third kappa shape index (κ3) is 31.1. The lowest BCUT2D eigenvalue weighted by Gasteiger charge is -2.23. The molecule has 1 aromatic rings. The zero-order valence-electron chi connectivity index (χ0n) is 38.0. The second-order valence-corrected chi connectivity index (χ2v) is 17.1. The van der Waals surface area contributed by atoms with Gasteiger partial charge in [0.1, 0.15) is 12.2 Å². The zero-order chi connectivity index (χ0) is 40.9. The van der Waals surface area contributed by atoms with Crippen LogP contribution in [0, 0.1) is 0 Å². The fraction of sp³-hybridized carbons (Fsp3) is 0.896. The predicted molar refractivity (Wildman–Crippen MR) is 237 cm³/mol. The van der Waals surface area contributed by atoms with Gasteiger partial charge < -0.3 is 14.4 Å². The maximum Gasteiger partial charge on any atom is 0.307 e. The fourth-order valence-electron chi connectivity index (χ4n) is 7.56. The molecule has 2 unspecified atom stereocenters. The van der Waals surface area contributed by atoms with Crippen molar-refractivity contribution in [3.05, 3.63) is 18.0 Å². The van der Waals surface area contributed by atoms with Crippen LogP contribution in [0.25, 0.3) is 0 Å². The molecule has 0 aromatic carbocycles. The topological polar surface area (TPSA) is 76.9 Å². The minimum absolute atomic E-state index is 0.00775. The first kappa shape index (κ1) is 52.1. The molecule has 2 atom stereocenters. The Hall–Kier alpha value is -1.93. The van der Waals surface area contributed by atoms with Gasteiger partial charge in [-0.3, -0.25) is 19.2 Å². The SMILES string of the molecule is CCCCCCCCCC(CCCCCCC)OC(=O)CCN(CCC(=O)OC(CCCCCCC)CCCCCCCCC)Cc1cnn(CCN(C)C)c1. The van der Waals surface area contributed by atoms with Crippen molar-refractivity contribution in [1.29, 1.82) is 0 Å². The first-order valence-electron chi connectivity index (χ1n) is 24.1. The third-order valence-electron chi connectivity index (χ3n) is 11.2. The summed E-state index contributed by atoms with van der Waals surface area (Å²) in [5.74, 6) is -0.225. The van der Waals surface area contributed by atoms with E-state index in [1.807, 2.05) is 10.9 Å². The molecular formula is C48H92N4O4. The lowest BCUT2D eigenvalue weighted by molar-refractivity contribution is -0.150. The highest BCUT2D eigenvalue weighted by Crippen LogP contribution is 2.20. The van der Waals surface area contributed by atoms with E-state index >= 15 is 0 Å². The molecule has 0 aliphatic heterocycles. The summed E-state index contributed by atoms with van der Waals surface area (Å²) < 4.78 is 14.4. The smallest absolute Gasteiger partial charge is 0.307 e. The van der Waals surface area contributed by atoms with Crippen LogP contribution >= 0.6 is 0 Å². The molecule has 8 nitrogen and oxygen atoms in total. The summed E-state index contributed by atoms with van der Waals surface area (Å²) in [6.45, 7) is 12.5.